The summed E-state index contributed by atoms with van der Waals surface area (Å²) in [6.45, 7) is 2.09. The molecule has 1 aliphatic rings. The Morgan fingerprint density at radius 1 is 1.42 bits per heavy atom. The van der Waals surface area contributed by atoms with Gasteiger partial charge in [-0.25, -0.2) is 13.4 Å². The van der Waals surface area contributed by atoms with Gasteiger partial charge in [0.25, 0.3) is 0 Å². The zero-order valence-corrected chi connectivity index (χ0v) is 18.2. The topological polar surface area (TPSA) is 86.7 Å². The number of hydrogen-bond acceptors (Lipinski definition) is 5. The largest absolute Gasteiger partial charge is 0.511 e. The van der Waals surface area contributed by atoms with E-state index in [4.69, 9.17) is 0 Å². The third kappa shape index (κ3) is 5.66. The monoisotopic (exact) mass is 527 g/mol. The Balaban J connectivity index is 0.00000338. The molecule has 0 aromatic carbocycles. The summed E-state index contributed by atoms with van der Waals surface area (Å²) in [6, 6.07) is -0.145. The third-order valence-corrected chi connectivity index (χ3v) is 6.48. The van der Waals surface area contributed by atoms with E-state index in [9.17, 15) is 21.6 Å². The van der Waals surface area contributed by atoms with Crippen molar-refractivity contribution in [3.05, 3.63) is 16.1 Å². The van der Waals surface area contributed by atoms with Crippen molar-refractivity contribution < 1.29 is 21.6 Å². The lowest BCUT2D eigenvalue weighted by molar-refractivity contribution is -0.0494. The van der Waals surface area contributed by atoms with Crippen molar-refractivity contribution in [2.45, 2.75) is 37.9 Å². The molecular weight excluding hydrogens is 506 g/mol. The molecule has 2 heterocycles. The van der Waals surface area contributed by atoms with Gasteiger partial charge in [0.05, 0.1) is 17.7 Å². The molecule has 0 aliphatic carbocycles. The first-order valence-electron chi connectivity index (χ1n) is 7.57. The first-order valence-corrected chi connectivity index (χ1v) is 9.89. The highest BCUT2D eigenvalue weighted by atomic mass is 127. The molecule has 0 bridgehead atoms. The summed E-state index contributed by atoms with van der Waals surface area (Å²) in [4.78, 5) is 9.30. The van der Waals surface area contributed by atoms with E-state index < -0.39 is 15.5 Å². The van der Waals surface area contributed by atoms with Crippen molar-refractivity contribution >= 4 is 51.3 Å². The van der Waals surface area contributed by atoms with Crippen molar-refractivity contribution in [3.8, 4) is 0 Å². The number of aliphatic imine (C=N–C) groups is 1. The van der Waals surface area contributed by atoms with Gasteiger partial charge >= 0.3 is 15.5 Å². The van der Waals surface area contributed by atoms with Gasteiger partial charge in [-0.3, -0.25) is 4.99 Å². The van der Waals surface area contributed by atoms with Gasteiger partial charge in [-0.15, -0.1) is 35.3 Å². The summed E-state index contributed by atoms with van der Waals surface area (Å²) < 4.78 is 61.0. The highest BCUT2D eigenvalue weighted by Crippen LogP contribution is 2.28. The SMILES string of the molecule is CN=C(NCc1scnc1C)NC1CCN(S(=O)(=O)C(F)(F)F)CC1.I. The maximum atomic E-state index is 12.6. The molecular formula is C13H21F3IN5O2S2. The van der Waals surface area contributed by atoms with Crippen LogP contribution in [0.4, 0.5) is 13.2 Å². The summed E-state index contributed by atoms with van der Waals surface area (Å²) >= 11 is 1.52. The number of rotatable bonds is 4. The number of guanidine groups is 1. The van der Waals surface area contributed by atoms with E-state index in [1.807, 2.05) is 6.92 Å². The molecule has 0 radical (unpaired) electrons. The molecule has 0 spiro atoms. The van der Waals surface area contributed by atoms with E-state index in [2.05, 4.69) is 20.6 Å². The standard InChI is InChI=1S/C13H20F3N5O2S2.HI/c1-9-11(24-8-19-9)7-18-12(17-2)20-10-3-5-21(6-4-10)25(22,23)13(14,15)16;/h8,10H,3-7H2,1-2H3,(H2,17,18,20);1H. The van der Waals surface area contributed by atoms with Gasteiger partial charge < -0.3 is 10.6 Å². The van der Waals surface area contributed by atoms with Crippen LogP contribution in [0.25, 0.3) is 0 Å². The molecule has 26 heavy (non-hydrogen) atoms. The minimum absolute atomic E-state index is 0. The van der Waals surface area contributed by atoms with Crippen molar-refractivity contribution in [2.75, 3.05) is 20.1 Å². The minimum atomic E-state index is -5.25. The van der Waals surface area contributed by atoms with E-state index in [1.54, 1.807) is 12.6 Å². The fourth-order valence-electron chi connectivity index (χ4n) is 2.43. The number of hydrogen-bond donors (Lipinski definition) is 2. The highest BCUT2D eigenvalue weighted by Gasteiger charge is 2.50. The Kier molecular flexibility index (Phi) is 8.54. The molecule has 1 aromatic heterocycles. The number of aromatic nitrogens is 1. The molecule has 0 atom stereocenters. The average molecular weight is 527 g/mol. The van der Waals surface area contributed by atoms with E-state index in [1.165, 1.54) is 11.3 Å². The summed E-state index contributed by atoms with van der Waals surface area (Å²) in [6.07, 6.45) is 0.547. The van der Waals surface area contributed by atoms with Crippen molar-refractivity contribution in [2.24, 2.45) is 4.99 Å². The molecule has 2 N–H and O–H groups in total. The second kappa shape index (κ2) is 9.50. The smallest absolute Gasteiger partial charge is 0.354 e. The van der Waals surface area contributed by atoms with Crippen LogP contribution in [0.5, 0.6) is 0 Å². The number of aryl methyl sites for hydroxylation is 1. The van der Waals surface area contributed by atoms with Gasteiger partial charge in [-0.05, 0) is 19.8 Å². The van der Waals surface area contributed by atoms with Crippen LogP contribution in [0.1, 0.15) is 23.4 Å². The van der Waals surface area contributed by atoms with Crippen molar-refractivity contribution in [3.63, 3.8) is 0 Å². The van der Waals surface area contributed by atoms with E-state index >= 15 is 0 Å². The summed E-state index contributed by atoms with van der Waals surface area (Å²) in [7, 11) is -3.65. The second-order valence-electron chi connectivity index (χ2n) is 5.56. The number of nitrogens with one attached hydrogen (secondary N) is 2. The molecule has 1 aromatic rings. The van der Waals surface area contributed by atoms with Gasteiger partial charge in [0.1, 0.15) is 0 Å². The zero-order chi connectivity index (χ0) is 18.7. The van der Waals surface area contributed by atoms with Crippen LogP contribution < -0.4 is 10.6 Å². The number of thiazole rings is 1. The van der Waals surface area contributed by atoms with E-state index in [0.717, 1.165) is 10.6 Å². The number of halogens is 4. The molecule has 7 nitrogen and oxygen atoms in total. The van der Waals surface area contributed by atoms with Gasteiger partial charge in [0, 0.05) is 31.1 Å². The maximum absolute atomic E-state index is 12.6. The van der Waals surface area contributed by atoms with Gasteiger partial charge in [-0.2, -0.15) is 17.5 Å². The summed E-state index contributed by atoms with van der Waals surface area (Å²) in [5.41, 5.74) is -2.57. The Morgan fingerprint density at radius 2 is 2.04 bits per heavy atom. The van der Waals surface area contributed by atoms with Crippen LogP contribution in [0, 0.1) is 6.92 Å². The van der Waals surface area contributed by atoms with Gasteiger partial charge in [0.2, 0.25) is 0 Å². The van der Waals surface area contributed by atoms with E-state index in [-0.39, 0.29) is 55.9 Å². The van der Waals surface area contributed by atoms with Crippen LogP contribution in [0.15, 0.2) is 10.5 Å². The molecule has 1 saturated heterocycles. The van der Waals surface area contributed by atoms with E-state index in [0.29, 0.717) is 16.8 Å². The molecule has 0 amide bonds. The minimum Gasteiger partial charge on any atom is -0.354 e. The summed E-state index contributed by atoms with van der Waals surface area (Å²) in [5.74, 6) is 0.518. The molecule has 150 valence electrons. The molecule has 1 aliphatic heterocycles. The third-order valence-electron chi connectivity index (χ3n) is 3.91. The van der Waals surface area contributed by atoms with Crippen LogP contribution in [-0.4, -0.2) is 55.4 Å². The number of alkyl halides is 3. The highest BCUT2D eigenvalue weighted by molar-refractivity contribution is 14.0. The molecule has 0 saturated carbocycles. The Labute approximate surface area is 171 Å². The Bertz CT molecular complexity index is 716. The fourth-order valence-corrected chi connectivity index (χ4v) is 4.14. The lowest BCUT2D eigenvalue weighted by atomic mass is 10.1. The Hall–Kier alpha value is -0.670. The van der Waals surface area contributed by atoms with Crippen molar-refractivity contribution in [1.82, 2.24) is 19.9 Å². The molecule has 13 heteroatoms. The van der Waals surface area contributed by atoms with Crippen LogP contribution >= 0.6 is 35.3 Å². The number of piperidine rings is 1. The second-order valence-corrected chi connectivity index (χ2v) is 8.42. The summed E-state index contributed by atoms with van der Waals surface area (Å²) in [5, 5.41) is 6.24. The molecule has 1 fully saturated rings. The normalized spacial score (nSPS) is 17.7. The fraction of sp³-hybridized carbons (Fsp3) is 0.692. The first-order chi connectivity index (χ1) is 11.6. The van der Waals surface area contributed by atoms with Crippen LogP contribution in [0.3, 0.4) is 0 Å². The average Bonchev–Trinajstić information content (AvgIpc) is 2.96. The lowest BCUT2D eigenvalue weighted by Gasteiger charge is -2.32. The predicted molar refractivity (Wildman–Crippen MR) is 105 cm³/mol. The zero-order valence-electron chi connectivity index (χ0n) is 14.2. The van der Waals surface area contributed by atoms with Crippen LogP contribution in [-0.2, 0) is 16.6 Å². The molecule has 2 rings (SSSR count). The number of sulfonamides is 1. The van der Waals surface area contributed by atoms with Gasteiger partial charge in [0.15, 0.2) is 5.96 Å². The lowest BCUT2D eigenvalue weighted by Crippen LogP contribution is -2.51. The van der Waals surface area contributed by atoms with Crippen molar-refractivity contribution in [1.29, 1.82) is 0 Å². The predicted octanol–water partition coefficient (Wildman–Crippen LogP) is 2.05. The first kappa shape index (κ1) is 23.4. The van der Waals surface area contributed by atoms with Gasteiger partial charge in [-0.1, -0.05) is 0 Å². The van der Waals surface area contributed by atoms with Crippen LogP contribution in [0.2, 0.25) is 0 Å². The quantitative estimate of drug-likeness (QED) is 0.356. The molecule has 0 unspecified atom stereocenters. The number of nitrogens with zero attached hydrogens (tertiary/aromatic N) is 3. The maximum Gasteiger partial charge on any atom is 0.511 e. The Morgan fingerprint density at radius 3 is 2.50 bits per heavy atom.